The molecule has 0 unspecified atom stereocenters. The summed E-state index contributed by atoms with van der Waals surface area (Å²) in [6, 6.07) is 0.683. The molecule has 0 fully saturated rings. The number of halogens is 1. The molecule has 6 heteroatoms. The van der Waals surface area contributed by atoms with Crippen LogP contribution in [0.4, 0.5) is 0 Å². The van der Waals surface area contributed by atoms with E-state index >= 15 is 0 Å². The standard InChI is InChI=1S/C11H13BrN2O3/c1-6(2)9(11(16)17)14-10(15)7-3-8(12)5-13-4-7/h3-6,9H,1-2H3,(H,14,15)(H,16,17)/t9-/m0/s1. The van der Waals surface area contributed by atoms with Crippen molar-refractivity contribution >= 4 is 27.8 Å². The van der Waals surface area contributed by atoms with Gasteiger partial charge in [-0.3, -0.25) is 9.78 Å². The van der Waals surface area contributed by atoms with Crippen LogP contribution in [0.5, 0.6) is 0 Å². The Kier molecular flexibility index (Phi) is 4.62. The summed E-state index contributed by atoms with van der Waals surface area (Å²) in [5, 5.41) is 11.4. The Morgan fingerprint density at radius 1 is 1.41 bits per heavy atom. The Hall–Kier alpha value is -1.43. The molecule has 1 rings (SSSR count). The van der Waals surface area contributed by atoms with Crippen molar-refractivity contribution in [2.75, 3.05) is 0 Å². The van der Waals surface area contributed by atoms with Crippen molar-refractivity contribution in [2.45, 2.75) is 19.9 Å². The van der Waals surface area contributed by atoms with E-state index in [0.29, 0.717) is 10.0 Å². The zero-order valence-corrected chi connectivity index (χ0v) is 11.1. The highest BCUT2D eigenvalue weighted by Crippen LogP contribution is 2.10. The van der Waals surface area contributed by atoms with Crippen LogP contribution in [0.3, 0.4) is 0 Å². The molecule has 1 heterocycles. The molecule has 92 valence electrons. The van der Waals surface area contributed by atoms with E-state index in [-0.39, 0.29) is 5.92 Å². The van der Waals surface area contributed by atoms with Crippen LogP contribution in [0.15, 0.2) is 22.9 Å². The lowest BCUT2D eigenvalue weighted by Crippen LogP contribution is -2.44. The smallest absolute Gasteiger partial charge is 0.326 e. The summed E-state index contributed by atoms with van der Waals surface area (Å²) in [6.45, 7) is 3.47. The molecule has 1 atom stereocenters. The SMILES string of the molecule is CC(C)[C@H](NC(=O)c1cncc(Br)c1)C(=O)O. The van der Waals surface area contributed by atoms with Crippen LogP contribution in [0.25, 0.3) is 0 Å². The number of rotatable bonds is 4. The lowest BCUT2D eigenvalue weighted by molar-refractivity contribution is -0.140. The quantitative estimate of drug-likeness (QED) is 0.887. The van der Waals surface area contributed by atoms with E-state index < -0.39 is 17.9 Å². The minimum Gasteiger partial charge on any atom is -0.480 e. The average Bonchev–Trinajstić information content (AvgIpc) is 2.24. The second kappa shape index (κ2) is 5.77. The number of nitrogens with one attached hydrogen (secondary N) is 1. The molecular weight excluding hydrogens is 288 g/mol. The molecule has 0 aliphatic carbocycles. The van der Waals surface area contributed by atoms with E-state index in [4.69, 9.17) is 5.11 Å². The van der Waals surface area contributed by atoms with Gasteiger partial charge >= 0.3 is 5.97 Å². The van der Waals surface area contributed by atoms with Crippen molar-refractivity contribution in [1.82, 2.24) is 10.3 Å². The van der Waals surface area contributed by atoms with Crippen LogP contribution in [-0.2, 0) is 4.79 Å². The van der Waals surface area contributed by atoms with Crippen molar-refractivity contribution in [3.05, 3.63) is 28.5 Å². The molecule has 0 aliphatic rings. The number of aliphatic carboxylic acids is 1. The Bertz CT molecular complexity index is 434. The second-order valence-corrected chi connectivity index (χ2v) is 4.84. The number of nitrogens with zero attached hydrogens (tertiary/aromatic N) is 1. The van der Waals surface area contributed by atoms with Crippen molar-refractivity contribution < 1.29 is 14.7 Å². The molecule has 0 bridgehead atoms. The van der Waals surface area contributed by atoms with Crippen molar-refractivity contribution in [2.24, 2.45) is 5.92 Å². The number of carbonyl (C=O) groups excluding carboxylic acids is 1. The number of hydrogen-bond donors (Lipinski definition) is 2. The summed E-state index contributed by atoms with van der Waals surface area (Å²) in [4.78, 5) is 26.6. The first-order valence-corrected chi connectivity index (χ1v) is 5.85. The molecule has 0 saturated heterocycles. The van der Waals surface area contributed by atoms with Crippen LogP contribution in [-0.4, -0.2) is 28.0 Å². The largest absolute Gasteiger partial charge is 0.480 e. The third kappa shape index (κ3) is 3.81. The summed E-state index contributed by atoms with van der Waals surface area (Å²) < 4.78 is 0.668. The zero-order chi connectivity index (χ0) is 13.0. The topological polar surface area (TPSA) is 79.3 Å². The van der Waals surface area contributed by atoms with E-state index in [2.05, 4.69) is 26.2 Å². The highest BCUT2D eigenvalue weighted by Gasteiger charge is 2.23. The van der Waals surface area contributed by atoms with Gasteiger partial charge in [0.25, 0.3) is 5.91 Å². The first-order valence-electron chi connectivity index (χ1n) is 5.06. The maximum Gasteiger partial charge on any atom is 0.326 e. The van der Waals surface area contributed by atoms with E-state index in [1.807, 2.05) is 0 Å². The van der Waals surface area contributed by atoms with Crippen molar-refractivity contribution in [1.29, 1.82) is 0 Å². The lowest BCUT2D eigenvalue weighted by Gasteiger charge is -2.17. The minimum absolute atomic E-state index is 0.184. The van der Waals surface area contributed by atoms with Crippen molar-refractivity contribution in [3.63, 3.8) is 0 Å². The number of carboxylic acids is 1. The summed E-state index contributed by atoms with van der Waals surface area (Å²) in [5.74, 6) is -1.67. The average molecular weight is 301 g/mol. The monoisotopic (exact) mass is 300 g/mol. The maximum atomic E-state index is 11.8. The molecule has 17 heavy (non-hydrogen) atoms. The number of carboxylic acid groups (broad SMARTS) is 1. The molecule has 1 aromatic heterocycles. The van der Waals surface area contributed by atoms with Gasteiger partial charge in [-0.25, -0.2) is 4.79 Å². The predicted octanol–water partition coefficient (Wildman–Crippen LogP) is 1.68. The van der Waals surface area contributed by atoms with Gasteiger partial charge in [0.2, 0.25) is 0 Å². The number of hydrogen-bond acceptors (Lipinski definition) is 3. The Balaban J connectivity index is 2.81. The van der Waals surface area contributed by atoms with Gasteiger partial charge in [0.1, 0.15) is 6.04 Å². The van der Waals surface area contributed by atoms with E-state index in [9.17, 15) is 9.59 Å². The summed E-state index contributed by atoms with van der Waals surface area (Å²) in [7, 11) is 0. The van der Waals surface area contributed by atoms with Gasteiger partial charge in [-0.2, -0.15) is 0 Å². The van der Waals surface area contributed by atoms with Crippen LogP contribution < -0.4 is 5.32 Å². The van der Waals surface area contributed by atoms with Gasteiger partial charge in [0.15, 0.2) is 0 Å². The Morgan fingerprint density at radius 2 is 2.06 bits per heavy atom. The van der Waals surface area contributed by atoms with Crippen molar-refractivity contribution in [3.8, 4) is 0 Å². The van der Waals surface area contributed by atoms with Gasteiger partial charge in [-0.15, -0.1) is 0 Å². The minimum atomic E-state index is -1.05. The normalized spacial score (nSPS) is 12.2. The van der Waals surface area contributed by atoms with Gasteiger partial charge in [0, 0.05) is 16.9 Å². The van der Waals surface area contributed by atoms with Gasteiger partial charge in [-0.1, -0.05) is 13.8 Å². The molecule has 2 N–H and O–H groups in total. The van der Waals surface area contributed by atoms with Crippen LogP contribution in [0.1, 0.15) is 24.2 Å². The fourth-order valence-electron chi connectivity index (χ4n) is 1.27. The molecule has 0 spiro atoms. The third-order valence-corrected chi connectivity index (χ3v) is 2.62. The highest BCUT2D eigenvalue weighted by molar-refractivity contribution is 9.10. The van der Waals surface area contributed by atoms with E-state index in [1.54, 1.807) is 26.1 Å². The van der Waals surface area contributed by atoms with Crippen LogP contribution in [0, 0.1) is 5.92 Å². The number of amides is 1. The van der Waals surface area contributed by atoms with E-state index in [1.165, 1.54) is 6.20 Å². The molecule has 1 aromatic rings. The van der Waals surface area contributed by atoms with Crippen LogP contribution >= 0.6 is 15.9 Å². The van der Waals surface area contributed by atoms with Gasteiger partial charge < -0.3 is 10.4 Å². The molecule has 5 nitrogen and oxygen atoms in total. The molecular formula is C11H13BrN2O3. The third-order valence-electron chi connectivity index (χ3n) is 2.19. The maximum absolute atomic E-state index is 11.8. The molecule has 0 saturated carbocycles. The first-order chi connectivity index (χ1) is 7.91. The molecule has 0 aliphatic heterocycles. The zero-order valence-electron chi connectivity index (χ0n) is 9.48. The summed E-state index contributed by atoms with van der Waals surface area (Å²) in [6.07, 6.45) is 2.94. The summed E-state index contributed by atoms with van der Waals surface area (Å²) >= 11 is 3.20. The Morgan fingerprint density at radius 3 is 2.53 bits per heavy atom. The van der Waals surface area contributed by atoms with Gasteiger partial charge in [0.05, 0.1) is 5.56 Å². The Labute approximate surface area is 107 Å². The fraction of sp³-hybridized carbons (Fsp3) is 0.364. The number of pyridine rings is 1. The fourth-order valence-corrected chi connectivity index (χ4v) is 1.64. The van der Waals surface area contributed by atoms with E-state index in [0.717, 1.165) is 0 Å². The predicted molar refractivity (Wildman–Crippen MR) is 65.7 cm³/mol. The first kappa shape index (κ1) is 13.6. The second-order valence-electron chi connectivity index (χ2n) is 3.93. The van der Waals surface area contributed by atoms with Gasteiger partial charge in [-0.05, 0) is 27.9 Å². The highest BCUT2D eigenvalue weighted by atomic mass is 79.9. The number of carbonyl (C=O) groups is 2. The number of aromatic nitrogens is 1. The lowest BCUT2D eigenvalue weighted by atomic mass is 10.0. The molecule has 0 radical (unpaired) electrons. The molecule has 0 aromatic carbocycles. The van der Waals surface area contributed by atoms with Crippen LogP contribution in [0.2, 0.25) is 0 Å². The molecule has 1 amide bonds. The summed E-state index contributed by atoms with van der Waals surface area (Å²) in [5.41, 5.74) is 0.325.